The van der Waals surface area contributed by atoms with Gasteiger partial charge in [-0.2, -0.15) is 0 Å². The third-order valence-corrected chi connectivity index (χ3v) is 5.97. The molecule has 0 bridgehead atoms. The number of amides is 2. The Bertz CT molecular complexity index is 1170. The van der Waals surface area contributed by atoms with E-state index in [0.29, 0.717) is 29.1 Å². The molecule has 0 radical (unpaired) electrons. The first-order chi connectivity index (χ1) is 15.9. The molecule has 0 spiro atoms. The average molecular weight is 471 g/mol. The normalized spacial score (nSPS) is 18.2. The lowest BCUT2D eigenvalue weighted by Gasteiger charge is -2.41. The molecule has 33 heavy (non-hydrogen) atoms. The summed E-state index contributed by atoms with van der Waals surface area (Å²) in [7, 11) is 1.55. The molecule has 1 fully saturated rings. The maximum atomic E-state index is 13.6. The van der Waals surface area contributed by atoms with Crippen molar-refractivity contribution < 1.29 is 23.1 Å². The Morgan fingerprint density at radius 1 is 1.06 bits per heavy atom. The molecule has 0 aromatic heterocycles. The monoisotopic (exact) mass is 470 g/mol. The van der Waals surface area contributed by atoms with Crippen LogP contribution in [0.2, 0.25) is 5.02 Å². The number of anilines is 2. The summed E-state index contributed by atoms with van der Waals surface area (Å²) in [6.45, 7) is 0. The van der Waals surface area contributed by atoms with Crippen molar-refractivity contribution in [2.75, 3.05) is 17.3 Å². The largest absolute Gasteiger partial charge is 0.497 e. The van der Waals surface area contributed by atoms with Crippen molar-refractivity contribution in [2.45, 2.75) is 18.9 Å². The van der Waals surface area contributed by atoms with Gasteiger partial charge in [0.15, 0.2) is 0 Å². The third-order valence-electron chi connectivity index (χ3n) is 5.68. The number of ether oxygens (including phenoxy) is 1. The molecule has 8 heteroatoms. The van der Waals surface area contributed by atoms with Gasteiger partial charge in [0.1, 0.15) is 17.4 Å². The molecule has 1 saturated heterocycles. The Kier molecular flexibility index (Phi) is 6.60. The lowest BCUT2D eigenvalue weighted by molar-refractivity contribution is -0.125. The van der Waals surface area contributed by atoms with Crippen LogP contribution in [-0.4, -0.2) is 18.9 Å². The third kappa shape index (κ3) is 4.83. The summed E-state index contributed by atoms with van der Waals surface area (Å²) in [4.78, 5) is 27.9. The first-order valence-electron chi connectivity index (χ1n) is 10.3. The van der Waals surface area contributed by atoms with E-state index in [1.54, 1.807) is 48.4 Å². The van der Waals surface area contributed by atoms with Crippen molar-refractivity contribution in [3.63, 3.8) is 0 Å². The average Bonchev–Trinajstić information content (AvgIpc) is 2.82. The Balaban J connectivity index is 1.72. The molecule has 3 aromatic carbocycles. The number of hydrogen-bond donors (Lipinski definition) is 1. The molecule has 2 amide bonds. The van der Waals surface area contributed by atoms with E-state index >= 15 is 0 Å². The van der Waals surface area contributed by atoms with Crippen LogP contribution in [0.25, 0.3) is 0 Å². The first-order valence-corrected chi connectivity index (χ1v) is 10.7. The Morgan fingerprint density at radius 3 is 2.39 bits per heavy atom. The second-order valence-electron chi connectivity index (χ2n) is 7.72. The van der Waals surface area contributed by atoms with Gasteiger partial charge >= 0.3 is 0 Å². The number of hydrogen-bond acceptors (Lipinski definition) is 3. The van der Waals surface area contributed by atoms with E-state index in [-0.39, 0.29) is 23.3 Å². The Labute approximate surface area is 194 Å². The fraction of sp³-hybridized carbons (Fsp3) is 0.200. The molecule has 0 aliphatic carbocycles. The van der Waals surface area contributed by atoms with Crippen LogP contribution >= 0.6 is 11.6 Å². The highest BCUT2D eigenvalue weighted by atomic mass is 35.5. The molecule has 1 aliphatic rings. The minimum atomic E-state index is -0.670. The number of benzene rings is 3. The zero-order chi connectivity index (χ0) is 23.5. The molecule has 5 nitrogen and oxygen atoms in total. The van der Waals surface area contributed by atoms with Crippen LogP contribution < -0.4 is 15.0 Å². The van der Waals surface area contributed by atoms with Gasteiger partial charge in [0.05, 0.1) is 24.1 Å². The lowest BCUT2D eigenvalue weighted by Crippen LogP contribution is -2.47. The number of carbonyl (C=O) groups excluding carboxylic acids is 2. The summed E-state index contributed by atoms with van der Waals surface area (Å²) in [5.41, 5.74) is 1.56. The summed E-state index contributed by atoms with van der Waals surface area (Å²) in [6, 6.07) is 15.9. The van der Waals surface area contributed by atoms with Crippen LogP contribution in [-0.2, 0) is 9.59 Å². The number of methoxy groups -OCH3 is 1. The molecule has 4 rings (SSSR count). The topological polar surface area (TPSA) is 58.6 Å². The molecular weight excluding hydrogens is 450 g/mol. The number of rotatable bonds is 5. The number of halogens is 3. The van der Waals surface area contributed by atoms with Gasteiger partial charge in [0, 0.05) is 17.8 Å². The maximum Gasteiger partial charge on any atom is 0.229 e. The summed E-state index contributed by atoms with van der Waals surface area (Å²) in [5.74, 6) is -1.52. The molecule has 2 atom stereocenters. The van der Waals surface area contributed by atoms with Crippen LogP contribution in [0.3, 0.4) is 0 Å². The van der Waals surface area contributed by atoms with Crippen LogP contribution in [0.4, 0.5) is 20.2 Å². The fourth-order valence-electron chi connectivity index (χ4n) is 4.06. The van der Waals surface area contributed by atoms with E-state index in [9.17, 15) is 18.4 Å². The Morgan fingerprint density at radius 2 is 1.76 bits per heavy atom. The fourth-order valence-corrected chi connectivity index (χ4v) is 4.24. The number of nitrogens with one attached hydrogen (secondary N) is 1. The highest BCUT2D eigenvalue weighted by molar-refractivity contribution is 6.31. The maximum absolute atomic E-state index is 13.6. The highest BCUT2D eigenvalue weighted by Crippen LogP contribution is 2.41. The highest BCUT2D eigenvalue weighted by Gasteiger charge is 2.41. The van der Waals surface area contributed by atoms with Gasteiger partial charge < -0.3 is 15.0 Å². The number of piperidine rings is 1. The van der Waals surface area contributed by atoms with Gasteiger partial charge in [-0.25, -0.2) is 8.78 Å². The van der Waals surface area contributed by atoms with Crippen molar-refractivity contribution in [2.24, 2.45) is 5.92 Å². The minimum absolute atomic E-state index is 0.110. The van der Waals surface area contributed by atoms with E-state index in [4.69, 9.17) is 16.3 Å². The molecular formula is C25H21ClF2N2O3. The van der Waals surface area contributed by atoms with Gasteiger partial charge in [-0.1, -0.05) is 23.7 Å². The molecule has 3 aromatic rings. The summed E-state index contributed by atoms with van der Waals surface area (Å²) >= 11 is 5.84. The molecule has 1 N–H and O–H groups in total. The van der Waals surface area contributed by atoms with Gasteiger partial charge in [0.25, 0.3) is 0 Å². The molecule has 0 saturated carbocycles. The van der Waals surface area contributed by atoms with Crippen LogP contribution in [0.1, 0.15) is 24.4 Å². The van der Waals surface area contributed by atoms with Crippen molar-refractivity contribution in [1.82, 2.24) is 0 Å². The van der Waals surface area contributed by atoms with Gasteiger partial charge in [-0.05, 0) is 66.6 Å². The van der Waals surface area contributed by atoms with Crippen molar-refractivity contribution in [1.29, 1.82) is 0 Å². The van der Waals surface area contributed by atoms with Crippen molar-refractivity contribution in [3.05, 3.63) is 89.0 Å². The Hall–Kier alpha value is -3.45. The van der Waals surface area contributed by atoms with E-state index in [1.807, 2.05) is 0 Å². The summed E-state index contributed by atoms with van der Waals surface area (Å²) in [5, 5.41) is 2.66. The summed E-state index contributed by atoms with van der Waals surface area (Å²) in [6.07, 6.45) is 0.459. The van der Waals surface area contributed by atoms with Crippen molar-refractivity contribution in [3.8, 4) is 5.75 Å². The van der Waals surface area contributed by atoms with Crippen LogP contribution in [0, 0.1) is 17.6 Å². The second kappa shape index (κ2) is 9.58. The molecule has 1 heterocycles. The molecule has 0 unspecified atom stereocenters. The molecule has 170 valence electrons. The minimum Gasteiger partial charge on any atom is -0.497 e. The second-order valence-corrected chi connectivity index (χ2v) is 8.13. The predicted molar refractivity (Wildman–Crippen MR) is 122 cm³/mol. The lowest BCUT2D eigenvalue weighted by atomic mass is 9.83. The van der Waals surface area contributed by atoms with E-state index in [0.717, 1.165) is 0 Å². The number of carbonyl (C=O) groups is 2. The predicted octanol–water partition coefficient (Wildman–Crippen LogP) is 5.75. The SMILES string of the molecule is COc1ccc(N2C(=O)CC[C@H](C(=O)Nc3ccc(F)c(Cl)c3)[C@@H]2c2ccc(F)cc2)cc1. The molecule has 1 aliphatic heterocycles. The standard InChI is InChI=1S/C25H21ClF2N2O3/c1-33-19-9-7-18(8-10-19)30-23(31)13-11-20(24(30)15-2-4-16(27)5-3-15)25(32)29-17-6-12-22(28)21(26)14-17/h2-10,12,14,20,24H,11,13H2,1H3,(H,29,32)/t20-,24-/m0/s1. The quantitative estimate of drug-likeness (QED) is 0.516. The van der Waals surface area contributed by atoms with Gasteiger partial charge in [0.2, 0.25) is 11.8 Å². The zero-order valence-electron chi connectivity index (χ0n) is 17.7. The van der Waals surface area contributed by atoms with Gasteiger partial charge in [-0.3, -0.25) is 9.59 Å². The van der Waals surface area contributed by atoms with E-state index in [1.165, 1.54) is 30.3 Å². The van der Waals surface area contributed by atoms with Crippen LogP contribution in [0.5, 0.6) is 5.75 Å². The van der Waals surface area contributed by atoms with Crippen molar-refractivity contribution >= 4 is 34.8 Å². The zero-order valence-corrected chi connectivity index (χ0v) is 18.5. The summed E-state index contributed by atoms with van der Waals surface area (Å²) < 4.78 is 32.4. The van der Waals surface area contributed by atoms with E-state index < -0.39 is 23.6 Å². The van der Waals surface area contributed by atoms with Gasteiger partial charge in [-0.15, -0.1) is 0 Å². The first kappa shape index (κ1) is 22.7. The van der Waals surface area contributed by atoms with Crippen LogP contribution in [0.15, 0.2) is 66.7 Å². The smallest absolute Gasteiger partial charge is 0.229 e. The van der Waals surface area contributed by atoms with E-state index in [2.05, 4.69) is 5.32 Å². The number of nitrogens with zero attached hydrogens (tertiary/aromatic N) is 1.